The number of thiophene rings is 1. The highest BCUT2D eigenvalue weighted by Crippen LogP contribution is 2.35. The molecule has 5 heteroatoms. The first kappa shape index (κ1) is 13.4. The summed E-state index contributed by atoms with van der Waals surface area (Å²) < 4.78 is 0.983. The number of fused-ring (bicyclic) bond motifs is 1. The Labute approximate surface area is 122 Å². The second-order valence-corrected chi connectivity index (χ2v) is 6.53. The van der Waals surface area contributed by atoms with Crippen LogP contribution in [-0.2, 0) is 0 Å². The van der Waals surface area contributed by atoms with Crippen LogP contribution in [0.15, 0.2) is 12.4 Å². The van der Waals surface area contributed by atoms with Crippen LogP contribution in [0.2, 0.25) is 0 Å². The summed E-state index contributed by atoms with van der Waals surface area (Å²) in [4.78, 5) is 17.2. The molecule has 2 aromatic rings. The lowest BCUT2D eigenvalue weighted by Crippen LogP contribution is -2.36. The van der Waals surface area contributed by atoms with Crippen molar-refractivity contribution in [3.05, 3.63) is 22.8 Å². The maximum absolute atomic E-state index is 12.4. The molecule has 1 fully saturated rings. The highest BCUT2D eigenvalue weighted by molar-refractivity contribution is 7.21. The zero-order valence-corrected chi connectivity index (χ0v) is 12.4. The van der Waals surface area contributed by atoms with E-state index >= 15 is 0 Å². The van der Waals surface area contributed by atoms with Crippen molar-refractivity contribution in [3.63, 3.8) is 0 Å². The molecule has 1 amide bonds. The Morgan fingerprint density at radius 2 is 2.10 bits per heavy atom. The Morgan fingerprint density at radius 1 is 1.35 bits per heavy atom. The second-order valence-electron chi connectivity index (χ2n) is 5.48. The molecule has 0 radical (unpaired) electrons. The van der Waals surface area contributed by atoms with Crippen LogP contribution in [0, 0.1) is 6.92 Å². The molecule has 2 heterocycles. The highest BCUT2D eigenvalue weighted by Gasteiger charge is 2.21. The minimum absolute atomic E-state index is 0.0324. The van der Waals surface area contributed by atoms with Gasteiger partial charge >= 0.3 is 0 Å². The number of amides is 1. The number of nitrogens with two attached hydrogens (primary N) is 1. The number of aryl methyl sites for hydroxylation is 1. The molecule has 3 N–H and O–H groups in total. The van der Waals surface area contributed by atoms with E-state index in [1.165, 1.54) is 30.6 Å². The Kier molecular flexibility index (Phi) is 3.61. The number of hydrogen-bond donors (Lipinski definition) is 2. The molecule has 0 aromatic carbocycles. The summed E-state index contributed by atoms with van der Waals surface area (Å²) in [6.07, 6.45) is 9.41. The first-order chi connectivity index (χ1) is 9.66. The average molecular weight is 289 g/mol. The molecule has 4 nitrogen and oxygen atoms in total. The number of anilines is 1. The van der Waals surface area contributed by atoms with Gasteiger partial charge in [-0.2, -0.15) is 0 Å². The molecular weight excluding hydrogens is 270 g/mol. The predicted molar refractivity (Wildman–Crippen MR) is 83.1 cm³/mol. The molecule has 0 unspecified atom stereocenters. The highest BCUT2D eigenvalue weighted by atomic mass is 32.1. The van der Waals surface area contributed by atoms with Gasteiger partial charge in [-0.1, -0.05) is 19.3 Å². The van der Waals surface area contributed by atoms with Gasteiger partial charge in [0.05, 0.1) is 10.4 Å². The first-order valence-corrected chi connectivity index (χ1v) is 7.92. The Bertz CT molecular complexity index is 644. The van der Waals surface area contributed by atoms with E-state index in [9.17, 15) is 4.79 Å². The van der Waals surface area contributed by atoms with Gasteiger partial charge in [0.2, 0.25) is 0 Å². The van der Waals surface area contributed by atoms with Crippen molar-refractivity contribution in [2.24, 2.45) is 0 Å². The van der Waals surface area contributed by atoms with E-state index < -0.39 is 0 Å². The Morgan fingerprint density at radius 3 is 2.80 bits per heavy atom. The molecule has 3 rings (SSSR count). The van der Waals surface area contributed by atoms with Crippen LogP contribution < -0.4 is 11.1 Å². The molecule has 0 spiro atoms. The maximum Gasteiger partial charge on any atom is 0.263 e. The van der Waals surface area contributed by atoms with Gasteiger partial charge in [0.1, 0.15) is 4.88 Å². The summed E-state index contributed by atoms with van der Waals surface area (Å²) in [5.41, 5.74) is 7.78. The van der Waals surface area contributed by atoms with Gasteiger partial charge in [-0.05, 0) is 25.3 Å². The summed E-state index contributed by atoms with van der Waals surface area (Å²) in [6, 6.07) is 0.306. The van der Waals surface area contributed by atoms with Gasteiger partial charge in [0, 0.05) is 23.8 Å². The molecule has 20 heavy (non-hydrogen) atoms. The molecule has 0 atom stereocenters. The van der Waals surface area contributed by atoms with Gasteiger partial charge in [-0.3, -0.25) is 9.78 Å². The van der Waals surface area contributed by atoms with Crippen LogP contribution in [0.4, 0.5) is 5.69 Å². The van der Waals surface area contributed by atoms with Crippen molar-refractivity contribution in [2.45, 2.75) is 45.1 Å². The van der Waals surface area contributed by atoms with E-state index in [0.29, 0.717) is 16.6 Å². The monoisotopic (exact) mass is 289 g/mol. The number of carbonyl (C=O) groups excluding carboxylic acids is 1. The maximum atomic E-state index is 12.4. The van der Waals surface area contributed by atoms with Crippen molar-refractivity contribution < 1.29 is 4.79 Å². The summed E-state index contributed by atoms with van der Waals surface area (Å²) in [5.74, 6) is -0.0324. The zero-order chi connectivity index (χ0) is 14.1. The lowest BCUT2D eigenvalue weighted by molar-refractivity contribution is 0.0933. The number of nitrogens with one attached hydrogen (secondary N) is 1. The minimum Gasteiger partial charge on any atom is -0.397 e. The van der Waals surface area contributed by atoms with Crippen molar-refractivity contribution in [3.8, 4) is 0 Å². The van der Waals surface area contributed by atoms with Gasteiger partial charge in [0.15, 0.2) is 0 Å². The van der Waals surface area contributed by atoms with Crippen LogP contribution in [0.3, 0.4) is 0 Å². The third-order valence-corrected chi connectivity index (χ3v) is 5.11. The molecule has 1 saturated carbocycles. The van der Waals surface area contributed by atoms with E-state index in [1.807, 2.05) is 6.92 Å². The van der Waals surface area contributed by atoms with E-state index in [4.69, 9.17) is 5.73 Å². The fraction of sp³-hybridized carbons (Fsp3) is 0.467. The summed E-state index contributed by atoms with van der Waals surface area (Å²) in [7, 11) is 0. The standard InChI is InChI=1S/C15H19N3OS/c1-9-7-17-8-11-12(9)13(16)14(20-11)15(19)18-10-5-3-2-4-6-10/h7-8,10H,2-6,16H2,1H3,(H,18,19). The number of nitrogens with zero attached hydrogens (tertiary/aromatic N) is 1. The molecule has 0 saturated heterocycles. The predicted octanol–water partition coefficient (Wildman–Crippen LogP) is 3.25. The average Bonchev–Trinajstić information content (AvgIpc) is 2.79. The normalized spacial score (nSPS) is 16.4. The summed E-state index contributed by atoms with van der Waals surface area (Å²) in [5, 5.41) is 4.10. The van der Waals surface area contributed by atoms with Crippen molar-refractivity contribution >= 4 is 33.0 Å². The third kappa shape index (κ3) is 2.38. The zero-order valence-electron chi connectivity index (χ0n) is 11.6. The Balaban J connectivity index is 1.87. The number of aromatic nitrogens is 1. The SMILES string of the molecule is Cc1cncc2sc(C(=O)NC3CCCCC3)c(N)c12. The molecule has 1 aliphatic carbocycles. The smallest absolute Gasteiger partial charge is 0.263 e. The van der Waals surface area contributed by atoms with Gasteiger partial charge < -0.3 is 11.1 Å². The fourth-order valence-corrected chi connectivity index (χ4v) is 3.98. The second kappa shape index (κ2) is 5.40. The molecule has 1 aliphatic rings. The lowest BCUT2D eigenvalue weighted by atomic mass is 9.95. The van der Waals surface area contributed by atoms with Crippen molar-refractivity contribution in [1.29, 1.82) is 0 Å². The molecular formula is C15H19N3OS. The summed E-state index contributed by atoms with van der Waals surface area (Å²) in [6.45, 7) is 1.97. The van der Waals surface area contributed by atoms with Crippen LogP contribution >= 0.6 is 11.3 Å². The third-order valence-electron chi connectivity index (χ3n) is 3.97. The van der Waals surface area contributed by atoms with Crippen LogP contribution in [0.1, 0.15) is 47.3 Å². The lowest BCUT2D eigenvalue weighted by Gasteiger charge is -2.22. The van der Waals surface area contributed by atoms with Gasteiger partial charge in [0.25, 0.3) is 5.91 Å². The molecule has 106 valence electrons. The number of carbonyl (C=O) groups is 1. The Hall–Kier alpha value is -1.62. The number of pyridine rings is 1. The van der Waals surface area contributed by atoms with E-state index in [1.54, 1.807) is 12.4 Å². The summed E-state index contributed by atoms with van der Waals surface area (Å²) >= 11 is 1.44. The first-order valence-electron chi connectivity index (χ1n) is 7.10. The van der Waals surface area contributed by atoms with E-state index in [-0.39, 0.29) is 5.91 Å². The quantitative estimate of drug-likeness (QED) is 0.891. The molecule has 0 bridgehead atoms. The van der Waals surface area contributed by atoms with Crippen LogP contribution in [-0.4, -0.2) is 16.9 Å². The molecule has 2 aromatic heterocycles. The van der Waals surface area contributed by atoms with Crippen molar-refractivity contribution in [2.75, 3.05) is 5.73 Å². The van der Waals surface area contributed by atoms with E-state index in [0.717, 1.165) is 28.5 Å². The fourth-order valence-electron chi connectivity index (χ4n) is 2.91. The van der Waals surface area contributed by atoms with Gasteiger partial charge in [-0.25, -0.2) is 0 Å². The minimum atomic E-state index is -0.0324. The van der Waals surface area contributed by atoms with Crippen molar-refractivity contribution in [1.82, 2.24) is 10.3 Å². The van der Waals surface area contributed by atoms with Crippen LogP contribution in [0.5, 0.6) is 0 Å². The molecule has 0 aliphatic heterocycles. The van der Waals surface area contributed by atoms with E-state index in [2.05, 4.69) is 10.3 Å². The number of nitrogen functional groups attached to an aromatic ring is 1. The number of hydrogen-bond acceptors (Lipinski definition) is 4. The number of rotatable bonds is 2. The largest absolute Gasteiger partial charge is 0.397 e. The van der Waals surface area contributed by atoms with Crippen LogP contribution in [0.25, 0.3) is 10.1 Å². The topological polar surface area (TPSA) is 68.0 Å². The van der Waals surface area contributed by atoms with Gasteiger partial charge in [-0.15, -0.1) is 11.3 Å².